The molecule has 6 aromatic carbocycles. The summed E-state index contributed by atoms with van der Waals surface area (Å²) >= 11 is 0. The van der Waals surface area contributed by atoms with Gasteiger partial charge in [0.05, 0.1) is 69.9 Å². The first-order valence-electron chi connectivity index (χ1n) is 37.4. The molecule has 0 atom stereocenters. The van der Waals surface area contributed by atoms with Crippen LogP contribution < -0.4 is 22.4 Å². The van der Waals surface area contributed by atoms with Crippen molar-refractivity contribution in [2.45, 2.75) is 173 Å². The van der Waals surface area contributed by atoms with Crippen molar-refractivity contribution in [3.63, 3.8) is 0 Å². The van der Waals surface area contributed by atoms with Gasteiger partial charge in [-0.15, -0.1) is 0 Å². The molecule has 7 aromatic heterocycles. The number of fused-ring (bicyclic) bond motifs is 15. The van der Waals surface area contributed by atoms with Crippen LogP contribution >= 0.6 is 0 Å². The second kappa shape index (κ2) is 27.1. The number of benzene rings is 6. The van der Waals surface area contributed by atoms with Gasteiger partial charge in [-0.25, -0.2) is 25.0 Å². The number of nitrogen functional groups attached to an aromatic ring is 1. The number of methoxy groups -OCH3 is 2. The number of carbonyl (C=O) groups is 5. The SMILES string of the molecule is COC(=O)c1ccc2c(C3CCCCC3)c3n(c2c1)CCCn1c(C(=O)NN)cc2cccc-3c21.COC(=O)c1ccc2c(C3CCCCC3)c3n(c2c1)CCCn1c(C(=O)O)cc2cccc-3c21.O=C(O)c1ccc2c(C3CCCCC3)c3n(c2c1)CCCn1c2c-3cccc2c2c(=O)[nH][nH]c(=O)c21. The normalized spacial score (nSPS) is 16.2. The molecule has 13 aromatic rings. The lowest BCUT2D eigenvalue weighted by atomic mass is 9.81. The highest BCUT2D eigenvalue weighted by molar-refractivity contribution is 6.14. The molecule has 6 aliphatic rings. The molecule has 19 rings (SSSR count). The summed E-state index contributed by atoms with van der Waals surface area (Å²) in [6.45, 7) is 4.17. The Bertz CT molecular complexity index is 5880. The van der Waals surface area contributed by atoms with E-state index < -0.39 is 11.9 Å². The summed E-state index contributed by atoms with van der Waals surface area (Å²) < 4.78 is 23.2. The molecule has 0 unspecified atom stereocenters. The number of aromatic nitrogens is 8. The fraction of sp³-hybridized carbons (Fsp3) is 0.345. The number of nitrogens with two attached hydrogens (primary N) is 1. The summed E-state index contributed by atoms with van der Waals surface area (Å²) in [6.07, 6.45) is 20.3. The molecule has 536 valence electrons. The highest BCUT2D eigenvalue weighted by Crippen LogP contribution is 2.51. The van der Waals surface area contributed by atoms with Crippen LogP contribution in [0.25, 0.3) is 110 Å². The van der Waals surface area contributed by atoms with Crippen molar-refractivity contribution in [1.82, 2.24) is 43.0 Å². The number of aryl methyl sites for hydroxylation is 6. The fourth-order valence-corrected chi connectivity index (χ4v) is 19.4. The highest BCUT2D eigenvalue weighted by atomic mass is 16.5. The van der Waals surface area contributed by atoms with Gasteiger partial charge in [0.15, 0.2) is 0 Å². The summed E-state index contributed by atoms with van der Waals surface area (Å²) in [6, 6.07) is 39.6. The number of hydrogen-bond donors (Lipinski definition) is 6. The van der Waals surface area contributed by atoms with Crippen molar-refractivity contribution in [2.24, 2.45) is 5.84 Å². The van der Waals surface area contributed by atoms with Gasteiger partial charge in [-0.3, -0.25) is 30.0 Å². The number of aromatic carboxylic acids is 2. The smallest absolute Gasteiger partial charge is 0.352 e. The Morgan fingerprint density at radius 3 is 1.24 bits per heavy atom. The average molecular weight is 1410 g/mol. The molecule has 3 aliphatic carbocycles. The molecule has 21 heteroatoms. The van der Waals surface area contributed by atoms with E-state index in [1.54, 1.807) is 18.2 Å². The van der Waals surface area contributed by atoms with Crippen molar-refractivity contribution >= 4 is 106 Å². The van der Waals surface area contributed by atoms with Crippen LogP contribution in [-0.2, 0) is 48.7 Å². The van der Waals surface area contributed by atoms with E-state index in [-0.39, 0.29) is 34.5 Å². The Morgan fingerprint density at radius 2 is 0.800 bits per heavy atom. The molecule has 3 aliphatic heterocycles. The molecule has 3 fully saturated rings. The van der Waals surface area contributed by atoms with Gasteiger partial charge in [0, 0.05) is 105 Å². The Kier molecular flexibility index (Phi) is 17.3. The first kappa shape index (κ1) is 67.0. The number of hydrogen-bond acceptors (Lipinski definition) is 10. The van der Waals surface area contributed by atoms with E-state index in [4.69, 9.17) is 15.3 Å². The van der Waals surface area contributed by atoms with E-state index in [1.165, 1.54) is 124 Å². The van der Waals surface area contributed by atoms with Crippen LogP contribution in [0.2, 0.25) is 0 Å². The maximum absolute atomic E-state index is 12.9. The van der Waals surface area contributed by atoms with E-state index >= 15 is 0 Å². The fourth-order valence-electron chi connectivity index (χ4n) is 19.4. The van der Waals surface area contributed by atoms with Crippen molar-refractivity contribution in [2.75, 3.05) is 14.2 Å². The predicted molar refractivity (Wildman–Crippen MR) is 407 cm³/mol. The zero-order chi connectivity index (χ0) is 72.1. The lowest BCUT2D eigenvalue weighted by molar-refractivity contribution is 0.0592. The molecule has 0 bridgehead atoms. The number of aromatic amines is 2. The standard InChI is InChI=1S/C28H26N4O4.C28H30N4O3.C28H28N2O4/c33-26-22-18-8-4-9-19-23(18)32(25(22)27(34)30-29-26)13-5-12-31-20-14-16(28(35)36)10-11-17(20)21(24(19)31)15-6-2-1-3-7-15;1-35-28(34)19-11-12-20-22(16-19)31-13-6-14-32-23(27(33)30-29)15-18-9-5-10-21(25(18)32)26(31)24(20)17-7-3-2-4-8-17;1-34-28(33)19-11-12-20-22(16-19)29-13-6-14-30-23(27(31)32)15-18-9-5-10-21(25(18)30)26(29)24(20)17-7-3-2-4-8-17/h4,8-11,14-15H,1-3,5-7,12-13H2,(H,29,33)(H,30,34)(H,35,36);5,9-12,15-17H,2-4,6-8,13-14,29H2,1H3,(H,30,33);5,9-12,15-17H,2-4,6-8,13-14H2,1H3,(H,31,32). The Morgan fingerprint density at radius 1 is 0.410 bits per heavy atom. The maximum atomic E-state index is 12.9. The number of carboxylic acid groups (broad SMARTS) is 2. The number of carboxylic acids is 2. The molecular weight excluding hydrogens is 1320 g/mol. The monoisotopic (exact) mass is 1410 g/mol. The van der Waals surface area contributed by atoms with E-state index in [0.29, 0.717) is 77.4 Å². The van der Waals surface area contributed by atoms with Crippen LogP contribution in [-0.4, -0.2) is 91.8 Å². The summed E-state index contributed by atoms with van der Waals surface area (Å²) in [7, 11) is 2.84. The number of ether oxygens (including phenoxy) is 2. The van der Waals surface area contributed by atoms with Gasteiger partial charge in [-0.2, -0.15) is 0 Å². The Hall–Kier alpha value is -11.2. The minimum Gasteiger partial charge on any atom is -0.478 e. The van der Waals surface area contributed by atoms with Gasteiger partial charge in [0.25, 0.3) is 17.0 Å². The lowest BCUT2D eigenvalue weighted by Crippen LogP contribution is -2.32. The summed E-state index contributed by atoms with van der Waals surface area (Å²) in [5.74, 6) is 4.08. The zero-order valence-electron chi connectivity index (χ0n) is 59.1. The Balaban J connectivity index is 0.000000116. The first-order chi connectivity index (χ1) is 51.2. The number of carbonyl (C=O) groups excluding carboxylic acids is 3. The van der Waals surface area contributed by atoms with Crippen LogP contribution in [0.15, 0.2) is 131 Å². The number of hydrazine groups is 1. The van der Waals surface area contributed by atoms with Gasteiger partial charge in [0.2, 0.25) is 0 Å². The summed E-state index contributed by atoms with van der Waals surface area (Å²) in [5.41, 5.74) is 21.3. The molecular formula is C84H84N10O11. The molecule has 0 radical (unpaired) electrons. The van der Waals surface area contributed by atoms with Gasteiger partial charge in [0.1, 0.15) is 16.9 Å². The van der Waals surface area contributed by atoms with Gasteiger partial charge in [-0.1, -0.05) is 131 Å². The van der Waals surface area contributed by atoms with Gasteiger partial charge >= 0.3 is 23.9 Å². The van der Waals surface area contributed by atoms with Crippen LogP contribution in [0.1, 0.15) is 202 Å². The summed E-state index contributed by atoms with van der Waals surface area (Å²) in [4.78, 5) is 87.0. The van der Waals surface area contributed by atoms with Crippen LogP contribution in [0.4, 0.5) is 0 Å². The molecule has 0 saturated heterocycles. The lowest BCUT2D eigenvalue weighted by Gasteiger charge is -2.25. The minimum absolute atomic E-state index is 0.275. The molecule has 0 spiro atoms. The second-order valence-corrected chi connectivity index (χ2v) is 29.4. The number of nitrogens with one attached hydrogen (secondary N) is 3. The third-order valence-electron chi connectivity index (χ3n) is 23.7. The van der Waals surface area contributed by atoms with E-state index in [2.05, 4.69) is 76.4 Å². The predicted octanol–water partition coefficient (Wildman–Crippen LogP) is 16.2. The second-order valence-electron chi connectivity index (χ2n) is 29.4. The number of nitrogens with zero attached hydrogens (tertiary/aromatic N) is 6. The van der Waals surface area contributed by atoms with Crippen molar-refractivity contribution in [3.8, 4) is 33.8 Å². The van der Waals surface area contributed by atoms with E-state index in [9.17, 15) is 43.8 Å². The Labute approximate surface area is 603 Å². The number of amides is 1. The van der Waals surface area contributed by atoms with Crippen molar-refractivity contribution in [1.29, 1.82) is 0 Å². The number of esters is 2. The molecule has 3 saturated carbocycles. The van der Waals surface area contributed by atoms with E-state index in [1.807, 2.05) is 69.8 Å². The average Bonchev–Trinajstić information content (AvgIpc) is 1.53. The quantitative estimate of drug-likeness (QED) is 0.0359. The van der Waals surface area contributed by atoms with Crippen LogP contribution in [0.5, 0.6) is 0 Å². The first-order valence-corrected chi connectivity index (χ1v) is 37.4. The zero-order valence-corrected chi connectivity index (χ0v) is 59.1. The molecule has 1 amide bonds. The van der Waals surface area contributed by atoms with Crippen LogP contribution in [0.3, 0.4) is 0 Å². The molecule has 105 heavy (non-hydrogen) atoms. The topological polar surface area (TPSA) is 278 Å². The van der Waals surface area contributed by atoms with Crippen molar-refractivity contribution in [3.05, 3.63) is 187 Å². The largest absolute Gasteiger partial charge is 0.478 e. The molecule has 21 nitrogen and oxygen atoms in total. The third kappa shape index (κ3) is 11.1. The maximum Gasteiger partial charge on any atom is 0.352 e. The number of rotatable bonds is 8. The molecule has 10 heterocycles. The number of para-hydroxylation sites is 3. The third-order valence-corrected chi connectivity index (χ3v) is 23.7. The van der Waals surface area contributed by atoms with Crippen molar-refractivity contribution < 1.29 is 43.7 Å². The number of H-pyrrole nitrogens is 2. The highest BCUT2D eigenvalue weighted by Gasteiger charge is 2.35. The molecule has 7 N–H and O–H groups in total. The minimum atomic E-state index is -0.932. The summed E-state index contributed by atoms with van der Waals surface area (Å²) in [5, 5.41) is 31.3. The van der Waals surface area contributed by atoms with E-state index in [0.717, 1.165) is 135 Å². The van der Waals surface area contributed by atoms with Gasteiger partial charge in [-0.05, 0) is 141 Å². The van der Waals surface area contributed by atoms with Crippen LogP contribution in [0, 0.1) is 0 Å². The van der Waals surface area contributed by atoms with Gasteiger partial charge < -0.3 is 47.1 Å².